The maximum absolute atomic E-state index is 5.65. The first-order valence-corrected chi connectivity index (χ1v) is 4.15. The van der Waals surface area contributed by atoms with Crippen molar-refractivity contribution in [2.75, 3.05) is 5.73 Å². The molecule has 1 aromatic heterocycles. The number of nitrogen functional groups attached to an aromatic ring is 1. The largest absolute Gasteiger partial charge is 0.384 e. The molecule has 72 valence electrons. The highest BCUT2D eigenvalue weighted by Gasteiger charge is 2.12. The Balaban J connectivity index is 2.66. The van der Waals surface area contributed by atoms with Crippen molar-refractivity contribution in [1.29, 1.82) is 0 Å². The first-order valence-electron chi connectivity index (χ1n) is 4.15. The predicted molar refractivity (Wildman–Crippen MR) is 52.5 cm³/mol. The molecule has 0 spiro atoms. The van der Waals surface area contributed by atoms with Crippen molar-refractivity contribution in [1.82, 2.24) is 15.6 Å². The van der Waals surface area contributed by atoms with Gasteiger partial charge in [0.1, 0.15) is 5.82 Å². The number of hydrazine groups is 1. The van der Waals surface area contributed by atoms with Gasteiger partial charge in [-0.25, -0.2) is 0 Å². The molecule has 0 aliphatic heterocycles. The lowest BCUT2D eigenvalue weighted by Gasteiger charge is -2.13. The van der Waals surface area contributed by atoms with Gasteiger partial charge >= 0.3 is 0 Å². The van der Waals surface area contributed by atoms with Crippen LogP contribution in [-0.4, -0.2) is 10.2 Å². The molecule has 0 aliphatic carbocycles. The van der Waals surface area contributed by atoms with Gasteiger partial charge in [0.15, 0.2) is 0 Å². The average molecular weight is 181 g/mol. The van der Waals surface area contributed by atoms with Crippen LogP contribution in [0.15, 0.2) is 18.9 Å². The number of hydrogen-bond acceptors (Lipinski definition) is 4. The first-order chi connectivity index (χ1) is 6.29. The number of nitrogens with two attached hydrogens (primary N) is 2. The molecule has 0 saturated carbocycles. The van der Waals surface area contributed by atoms with Gasteiger partial charge in [-0.15, -0.1) is 6.58 Å². The van der Waals surface area contributed by atoms with Gasteiger partial charge in [-0.05, 0) is 12.8 Å². The Morgan fingerprint density at radius 1 is 1.77 bits per heavy atom. The summed E-state index contributed by atoms with van der Waals surface area (Å²) in [6.45, 7) is 3.65. The number of nitrogens with zero attached hydrogens (tertiary/aromatic N) is 1. The van der Waals surface area contributed by atoms with Crippen molar-refractivity contribution >= 4 is 5.82 Å². The smallest absolute Gasteiger partial charge is 0.123 e. The van der Waals surface area contributed by atoms with Gasteiger partial charge in [-0.3, -0.25) is 16.4 Å². The van der Waals surface area contributed by atoms with E-state index in [4.69, 9.17) is 11.6 Å². The summed E-state index contributed by atoms with van der Waals surface area (Å²) in [6.07, 6.45) is 5.28. The summed E-state index contributed by atoms with van der Waals surface area (Å²) in [4.78, 5) is 0. The van der Waals surface area contributed by atoms with Gasteiger partial charge < -0.3 is 5.73 Å². The van der Waals surface area contributed by atoms with E-state index >= 15 is 0 Å². The number of hydrogen-bond donors (Lipinski definition) is 4. The zero-order valence-electron chi connectivity index (χ0n) is 7.46. The molecule has 0 radical (unpaired) electrons. The van der Waals surface area contributed by atoms with Crippen LogP contribution in [0.4, 0.5) is 5.82 Å². The Morgan fingerprint density at radius 3 is 3.00 bits per heavy atom. The molecular weight excluding hydrogens is 166 g/mol. The molecular formula is C8H15N5. The van der Waals surface area contributed by atoms with Crippen molar-refractivity contribution in [3.63, 3.8) is 0 Å². The highest BCUT2D eigenvalue weighted by molar-refractivity contribution is 5.39. The van der Waals surface area contributed by atoms with Crippen molar-refractivity contribution in [2.24, 2.45) is 5.84 Å². The highest BCUT2D eigenvalue weighted by Crippen LogP contribution is 2.21. The Labute approximate surface area is 77.2 Å². The molecule has 0 amide bonds. The maximum Gasteiger partial charge on any atom is 0.123 e. The molecule has 1 heterocycles. The Bertz CT molecular complexity index is 267. The van der Waals surface area contributed by atoms with Crippen LogP contribution in [0.25, 0.3) is 0 Å². The summed E-state index contributed by atoms with van der Waals surface area (Å²) in [5.74, 6) is 5.95. The fourth-order valence-corrected chi connectivity index (χ4v) is 1.20. The van der Waals surface area contributed by atoms with Crippen LogP contribution < -0.4 is 17.0 Å². The minimum Gasteiger partial charge on any atom is -0.384 e. The SMILES string of the molecule is C=CCCC(NN)c1cn[nH]c1N. The third kappa shape index (κ3) is 2.30. The van der Waals surface area contributed by atoms with E-state index in [1.165, 1.54) is 0 Å². The van der Waals surface area contributed by atoms with E-state index in [2.05, 4.69) is 22.2 Å². The summed E-state index contributed by atoms with van der Waals surface area (Å²) in [5, 5.41) is 6.49. The zero-order valence-corrected chi connectivity index (χ0v) is 7.46. The van der Waals surface area contributed by atoms with Crippen molar-refractivity contribution in [3.05, 3.63) is 24.4 Å². The summed E-state index contributed by atoms with van der Waals surface area (Å²) >= 11 is 0. The summed E-state index contributed by atoms with van der Waals surface area (Å²) in [6, 6.07) is 0.0387. The standard InChI is InChI=1S/C8H15N5/c1-2-3-4-7(12-10)6-5-11-13-8(6)9/h2,5,7,12H,1,3-4,10H2,(H3,9,11,13). The predicted octanol–water partition coefficient (Wildman–Crippen LogP) is 0.462. The van der Waals surface area contributed by atoms with Gasteiger partial charge in [0.25, 0.3) is 0 Å². The van der Waals surface area contributed by atoms with E-state index in [1.54, 1.807) is 6.20 Å². The monoisotopic (exact) mass is 181 g/mol. The van der Waals surface area contributed by atoms with Crippen LogP contribution in [0.1, 0.15) is 24.4 Å². The number of aromatic amines is 1. The molecule has 6 N–H and O–H groups in total. The molecule has 0 fully saturated rings. The third-order valence-electron chi connectivity index (χ3n) is 1.94. The van der Waals surface area contributed by atoms with E-state index in [0.29, 0.717) is 5.82 Å². The molecule has 5 nitrogen and oxygen atoms in total. The van der Waals surface area contributed by atoms with Crippen LogP contribution in [0.3, 0.4) is 0 Å². The highest BCUT2D eigenvalue weighted by atomic mass is 15.2. The topological polar surface area (TPSA) is 92.7 Å². The molecule has 0 aliphatic rings. The van der Waals surface area contributed by atoms with Gasteiger partial charge in [-0.2, -0.15) is 5.10 Å². The quantitative estimate of drug-likeness (QED) is 0.302. The molecule has 1 unspecified atom stereocenters. The minimum absolute atomic E-state index is 0.0387. The van der Waals surface area contributed by atoms with E-state index in [9.17, 15) is 0 Å². The summed E-state index contributed by atoms with van der Waals surface area (Å²) in [7, 11) is 0. The van der Waals surface area contributed by atoms with E-state index in [-0.39, 0.29) is 6.04 Å². The molecule has 1 aromatic rings. The molecule has 0 aromatic carbocycles. The second kappa shape index (κ2) is 4.64. The number of allylic oxidation sites excluding steroid dienone is 1. The Morgan fingerprint density at radius 2 is 2.54 bits per heavy atom. The second-order valence-electron chi connectivity index (χ2n) is 2.82. The summed E-state index contributed by atoms with van der Waals surface area (Å²) < 4.78 is 0. The number of aromatic nitrogens is 2. The zero-order chi connectivity index (χ0) is 9.68. The normalized spacial score (nSPS) is 12.7. The number of nitrogens with one attached hydrogen (secondary N) is 2. The fraction of sp³-hybridized carbons (Fsp3) is 0.375. The lowest BCUT2D eigenvalue weighted by Crippen LogP contribution is -2.28. The average Bonchev–Trinajstić information content (AvgIpc) is 2.54. The van der Waals surface area contributed by atoms with Crippen molar-refractivity contribution in [2.45, 2.75) is 18.9 Å². The number of rotatable bonds is 5. The first kappa shape index (κ1) is 9.76. The van der Waals surface area contributed by atoms with E-state index in [0.717, 1.165) is 18.4 Å². The van der Waals surface area contributed by atoms with Gasteiger partial charge in [0.2, 0.25) is 0 Å². The fourth-order valence-electron chi connectivity index (χ4n) is 1.20. The van der Waals surface area contributed by atoms with Gasteiger partial charge in [0.05, 0.1) is 12.2 Å². The molecule has 0 saturated heterocycles. The molecule has 1 rings (SSSR count). The molecule has 0 bridgehead atoms. The van der Waals surface area contributed by atoms with Crippen LogP contribution in [0, 0.1) is 0 Å². The summed E-state index contributed by atoms with van der Waals surface area (Å²) in [5.41, 5.74) is 9.25. The Hall–Kier alpha value is -1.33. The van der Waals surface area contributed by atoms with E-state index < -0.39 is 0 Å². The number of H-pyrrole nitrogens is 1. The molecule has 1 atom stereocenters. The minimum atomic E-state index is 0.0387. The van der Waals surface area contributed by atoms with Crippen LogP contribution >= 0.6 is 0 Å². The molecule has 5 heteroatoms. The van der Waals surface area contributed by atoms with Crippen molar-refractivity contribution < 1.29 is 0 Å². The van der Waals surface area contributed by atoms with Crippen molar-refractivity contribution in [3.8, 4) is 0 Å². The van der Waals surface area contributed by atoms with Crippen LogP contribution in [0.5, 0.6) is 0 Å². The lowest BCUT2D eigenvalue weighted by molar-refractivity contribution is 0.522. The number of anilines is 1. The van der Waals surface area contributed by atoms with E-state index in [1.807, 2.05) is 6.08 Å². The van der Waals surface area contributed by atoms with Gasteiger partial charge in [-0.1, -0.05) is 6.08 Å². The second-order valence-corrected chi connectivity index (χ2v) is 2.82. The lowest BCUT2D eigenvalue weighted by atomic mass is 10.1. The molecule has 13 heavy (non-hydrogen) atoms. The Kier molecular flexibility index (Phi) is 3.48. The van der Waals surface area contributed by atoms with Crippen LogP contribution in [-0.2, 0) is 0 Å². The van der Waals surface area contributed by atoms with Gasteiger partial charge in [0, 0.05) is 5.56 Å². The maximum atomic E-state index is 5.65. The third-order valence-corrected chi connectivity index (χ3v) is 1.94. The van der Waals surface area contributed by atoms with Crippen LogP contribution in [0.2, 0.25) is 0 Å².